The van der Waals surface area contributed by atoms with Gasteiger partial charge in [-0.05, 0) is 82.5 Å². The number of carbonyl (C=O) groups excluding carboxylic acids is 1. The lowest BCUT2D eigenvalue weighted by Crippen LogP contribution is -2.42. The second-order valence-corrected chi connectivity index (χ2v) is 7.32. The summed E-state index contributed by atoms with van der Waals surface area (Å²) in [6.07, 6.45) is 8.40. The van der Waals surface area contributed by atoms with Gasteiger partial charge in [0.15, 0.2) is 0 Å². The predicted molar refractivity (Wildman–Crippen MR) is 77.5 cm³/mol. The summed E-state index contributed by atoms with van der Waals surface area (Å²) in [6.45, 7) is 14.2. The van der Waals surface area contributed by atoms with Crippen LogP contribution in [0.4, 0.5) is 0 Å². The number of hydrogen-bond donors (Lipinski definition) is 0. The molecule has 0 N–H and O–H groups in total. The number of carbonyl (C=O) groups is 1. The lowest BCUT2D eigenvalue weighted by molar-refractivity contribution is -0.173. The molecule has 3 aliphatic carbocycles. The van der Waals surface area contributed by atoms with Crippen LogP contribution in [-0.2, 0) is 9.53 Å². The fourth-order valence-corrected chi connectivity index (χ4v) is 4.96. The van der Waals surface area contributed by atoms with Crippen molar-refractivity contribution in [1.29, 1.82) is 0 Å². The smallest absolute Gasteiger partial charge is 0.309 e. The van der Waals surface area contributed by atoms with E-state index in [1.54, 1.807) is 0 Å². The largest absolute Gasteiger partial charge is 0.459 e. The molecule has 6 unspecified atom stereocenters. The molecule has 0 aliphatic heterocycles. The Morgan fingerprint density at radius 3 is 2.55 bits per heavy atom. The molecule has 4 radical (unpaired) electrons. The summed E-state index contributed by atoms with van der Waals surface area (Å²) < 4.78 is 6.10. The van der Waals surface area contributed by atoms with Crippen molar-refractivity contribution in [2.75, 3.05) is 0 Å². The summed E-state index contributed by atoms with van der Waals surface area (Å²) in [5.74, 6) is 1.05. The number of esters is 1. The second kappa shape index (κ2) is 5.35. The monoisotopic (exact) mass is 274 g/mol. The highest BCUT2D eigenvalue weighted by Gasteiger charge is 2.53. The van der Waals surface area contributed by atoms with Gasteiger partial charge in [0.25, 0.3) is 0 Å². The highest BCUT2D eigenvalue weighted by Crippen LogP contribution is 2.55. The number of rotatable bonds is 4. The Bertz CT molecular complexity index is 378. The Morgan fingerprint density at radius 2 is 2.05 bits per heavy atom. The third-order valence-electron chi connectivity index (χ3n) is 5.85. The molecule has 110 valence electrons. The van der Waals surface area contributed by atoms with Gasteiger partial charge in [-0.25, -0.2) is 0 Å². The zero-order valence-corrected chi connectivity index (χ0v) is 12.5. The van der Waals surface area contributed by atoms with E-state index in [1.165, 1.54) is 19.3 Å². The molecule has 0 heterocycles. The van der Waals surface area contributed by atoms with Crippen molar-refractivity contribution < 1.29 is 9.53 Å². The molecular weight excluding hydrogens is 248 g/mol. The summed E-state index contributed by atoms with van der Waals surface area (Å²) >= 11 is 0. The van der Waals surface area contributed by atoms with Crippen molar-refractivity contribution >= 4 is 5.97 Å². The molecule has 3 aliphatic rings. The van der Waals surface area contributed by atoms with Crippen LogP contribution < -0.4 is 0 Å². The normalized spacial score (nSPS) is 46.9. The molecule has 0 aromatic rings. The Balaban J connectivity index is 1.69. The van der Waals surface area contributed by atoms with Gasteiger partial charge in [0, 0.05) is 0 Å². The van der Waals surface area contributed by atoms with Gasteiger partial charge in [0.05, 0.1) is 5.92 Å². The molecule has 3 saturated carbocycles. The Labute approximate surface area is 123 Å². The summed E-state index contributed by atoms with van der Waals surface area (Å²) in [4.78, 5) is 12.6. The van der Waals surface area contributed by atoms with Crippen molar-refractivity contribution in [2.45, 2.75) is 63.9 Å². The van der Waals surface area contributed by atoms with Crippen molar-refractivity contribution in [2.24, 2.45) is 29.6 Å². The minimum absolute atomic E-state index is 0.0599. The lowest BCUT2D eigenvalue weighted by Gasteiger charge is -2.38. The maximum absolute atomic E-state index is 12.6. The molecule has 2 bridgehead atoms. The first-order valence-electron chi connectivity index (χ1n) is 8.28. The maximum Gasteiger partial charge on any atom is 0.309 e. The fourth-order valence-electron chi connectivity index (χ4n) is 4.96. The number of fused-ring (bicyclic) bond motifs is 2. The van der Waals surface area contributed by atoms with Gasteiger partial charge < -0.3 is 4.74 Å². The van der Waals surface area contributed by atoms with E-state index in [0.717, 1.165) is 31.6 Å². The van der Waals surface area contributed by atoms with Crippen LogP contribution in [0.1, 0.15) is 58.3 Å². The van der Waals surface area contributed by atoms with E-state index in [2.05, 4.69) is 6.92 Å². The van der Waals surface area contributed by atoms with Gasteiger partial charge in [-0.2, -0.15) is 0 Å². The molecule has 3 fully saturated rings. The topological polar surface area (TPSA) is 26.3 Å². The summed E-state index contributed by atoms with van der Waals surface area (Å²) in [7, 11) is 0. The average molecular weight is 274 g/mol. The fraction of sp³-hybridized carbons (Fsp3) is 0.833. The van der Waals surface area contributed by atoms with Gasteiger partial charge in [0.1, 0.15) is 5.60 Å². The van der Waals surface area contributed by atoms with Gasteiger partial charge in [0.2, 0.25) is 0 Å². The standard InChI is InChI=1S/C18H26O2/c1-4-7-18(11-14-5-6-15(18)10-14)20-17(19)16-9-12(2)8-13(16)3/h2-3,12-16H,4-11H2,1H3. The quantitative estimate of drug-likeness (QED) is 0.725. The van der Waals surface area contributed by atoms with Crippen molar-refractivity contribution in [1.82, 2.24) is 0 Å². The van der Waals surface area contributed by atoms with E-state index < -0.39 is 0 Å². The molecule has 2 nitrogen and oxygen atoms in total. The highest BCUT2D eigenvalue weighted by atomic mass is 16.6. The van der Waals surface area contributed by atoms with Crippen LogP contribution in [-0.4, -0.2) is 11.6 Å². The van der Waals surface area contributed by atoms with Crippen LogP contribution in [0.5, 0.6) is 0 Å². The Kier molecular flexibility index (Phi) is 3.85. The minimum Gasteiger partial charge on any atom is -0.459 e. The zero-order chi connectivity index (χ0) is 14.3. The van der Waals surface area contributed by atoms with Crippen LogP contribution >= 0.6 is 0 Å². The van der Waals surface area contributed by atoms with Gasteiger partial charge >= 0.3 is 5.97 Å². The second-order valence-electron chi connectivity index (χ2n) is 7.32. The van der Waals surface area contributed by atoms with Gasteiger partial charge in [-0.1, -0.05) is 13.3 Å². The van der Waals surface area contributed by atoms with Crippen LogP contribution in [0, 0.1) is 43.4 Å². The van der Waals surface area contributed by atoms with Crippen molar-refractivity contribution in [3.8, 4) is 0 Å². The maximum atomic E-state index is 12.6. The first-order chi connectivity index (χ1) is 9.54. The van der Waals surface area contributed by atoms with Crippen LogP contribution in [0.2, 0.25) is 0 Å². The molecule has 2 heteroatoms. The summed E-state index contributed by atoms with van der Waals surface area (Å²) in [5.41, 5.74) is -0.179. The molecule has 0 saturated heterocycles. The summed E-state index contributed by atoms with van der Waals surface area (Å²) in [5, 5.41) is 0. The van der Waals surface area contributed by atoms with E-state index in [9.17, 15) is 4.79 Å². The van der Waals surface area contributed by atoms with E-state index in [-0.39, 0.29) is 29.3 Å². The van der Waals surface area contributed by atoms with E-state index >= 15 is 0 Å². The molecule has 0 spiro atoms. The van der Waals surface area contributed by atoms with Gasteiger partial charge in [-0.3, -0.25) is 4.79 Å². The molecule has 0 aromatic carbocycles. The lowest BCUT2D eigenvalue weighted by atomic mass is 9.80. The van der Waals surface area contributed by atoms with Crippen molar-refractivity contribution in [3.63, 3.8) is 0 Å². The van der Waals surface area contributed by atoms with Gasteiger partial charge in [-0.15, -0.1) is 0 Å². The van der Waals surface area contributed by atoms with E-state index in [1.807, 2.05) is 0 Å². The molecule has 20 heavy (non-hydrogen) atoms. The van der Waals surface area contributed by atoms with E-state index in [4.69, 9.17) is 18.6 Å². The number of hydrogen-bond acceptors (Lipinski definition) is 2. The third kappa shape index (κ3) is 2.40. The summed E-state index contributed by atoms with van der Waals surface area (Å²) in [6, 6.07) is 0. The Hall–Kier alpha value is -0.530. The number of ether oxygens (including phenoxy) is 1. The third-order valence-corrected chi connectivity index (χ3v) is 5.85. The minimum atomic E-state index is -0.183. The average Bonchev–Trinajstić information content (AvgIpc) is 3.04. The van der Waals surface area contributed by atoms with Crippen LogP contribution in [0.25, 0.3) is 0 Å². The molecule has 6 atom stereocenters. The molecular formula is C18H26O2. The first kappa shape index (κ1) is 14.4. The van der Waals surface area contributed by atoms with E-state index in [0.29, 0.717) is 12.3 Å². The predicted octanol–water partition coefficient (Wildman–Crippen LogP) is 3.95. The van der Waals surface area contributed by atoms with Crippen molar-refractivity contribution in [3.05, 3.63) is 13.8 Å². The molecule has 0 aromatic heterocycles. The highest BCUT2D eigenvalue weighted by molar-refractivity contribution is 5.74. The van der Waals surface area contributed by atoms with Crippen LogP contribution in [0.15, 0.2) is 0 Å². The first-order valence-corrected chi connectivity index (χ1v) is 8.28. The van der Waals surface area contributed by atoms with Crippen LogP contribution in [0.3, 0.4) is 0 Å². The zero-order valence-electron chi connectivity index (χ0n) is 12.5. The Morgan fingerprint density at radius 1 is 1.25 bits per heavy atom. The SMILES string of the molecule is [CH]C1CC([CH])C(C(=O)OC2(CCC)CC3CCC2C3)C1. The molecule has 3 rings (SSSR count). The molecule has 0 amide bonds.